The highest BCUT2D eigenvalue weighted by molar-refractivity contribution is 7.80. The van der Waals surface area contributed by atoms with Crippen molar-refractivity contribution in [2.75, 3.05) is 25.1 Å². The van der Waals surface area contributed by atoms with Crippen LogP contribution in [0.1, 0.15) is 56.2 Å². The molecule has 1 aliphatic heterocycles. The Labute approximate surface area is 439 Å². The minimum absolute atomic E-state index is 0.0361. The van der Waals surface area contributed by atoms with Crippen LogP contribution in [0.15, 0.2) is 85.1 Å². The molecule has 1 saturated heterocycles. The first kappa shape index (κ1) is 57.8. The number of unbranched alkanes of at least 4 members (excludes halogenated alkanes) is 1. The number of carboxylic acids is 1. The van der Waals surface area contributed by atoms with E-state index in [2.05, 4.69) is 67.5 Å². The molecule has 12 N–H and O–H groups in total. The highest BCUT2D eigenvalue weighted by atomic mass is 32.1. The summed E-state index contributed by atoms with van der Waals surface area (Å²) >= 11 is 8.62. The molecule has 398 valence electrons. The highest BCUT2D eigenvalue weighted by Crippen LogP contribution is 2.21. The Morgan fingerprint density at radius 3 is 1.77 bits per heavy atom. The summed E-state index contributed by atoms with van der Waals surface area (Å²) in [5, 5.41) is 39.0. The van der Waals surface area contributed by atoms with Crippen molar-refractivity contribution < 1.29 is 53.4 Å². The van der Waals surface area contributed by atoms with Crippen molar-refractivity contribution in [3.63, 3.8) is 0 Å². The standard InChI is InChI=1S/C51H66N10O11S2/c1-28(2)43-50(71)57-38(24-42(63)64)47(68)59-40(27-74)51(72)61(3)41(22-29-11-5-4-6-12-29)49(70)56-37(23-31-25-53-34-14-8-7-13-33(31)34)46(67)54-35(15-9-10-20-52)44(65)55-36(21-30-16-18-32(62)19-17-30)45(66)58-39(26-73)48(69)60-43/h4-8,11-14,16-19,25,28,35-41,43,53,62,73-74H,9-10,15,20-24,26-27,52H2,1-3H3,(H,54,67)(H,55,65)(H,56,70)(H,57,71)(H,58,66)(H,59,68)(H,60,69)(H,63,64)/t35-,36-,37-,38-,39-,40-,41-,43-/m0/s1. The number of phenols is 1. The van der Waals surface area contributed by atoms with Crippen LogP contribution in [-0.2, 0) is 62.4 Å². The Kier molecular flexibility index (Phi) is 21.7. The second-order valence-corrected chi connectivity index (χ2v) is 19.2. The van der Waals surface area contributed by atoms with Crippen LogP contribution < -0.4 is 43.0 Å². The van der Waals surface area contributed by atoms with Gasteiger partial charge >= 0.3 is 5.97 Å². The van der Waals surface area contributed by atoms with Gasteiger partial charge in [0.15, 0.2) is 0 Å². The number of aromatic nitrogens is 1. The van der Waals surface area contributed by atoms with E-state index < -0.39 is 114 Å². The number of nitrogens with one attached hydrogen (secondary N) is 8. The zero-order valence-corrected chi connectivity index (χ0v) is 43.1. The van der Waals surface area contributed by atoms with Gasteiger partial charge in [-0.1, -0.05) is 74.5 Å². The maximum absolute atomic E-state index is 14.9. The molecule has 0 unspecified atom stereocenters. The van der Waals surface area contributed by atoms with E-state index in [4.69, 9.17) is 5.73 Å². The van der Waals surface area contributed by atoms with Crippen molar-refractivity contribution in [1.29, 1.82) is 0 Å². The fourth-order valence-electron chi connectivity index (χ4n) is 8.38. The number of para-hydroxylation sites is 1. The van der Waals surface area contributed by atoms with E-state index >= 15 is 0 Å². The Morgan fingerprint density at radius 2 is 1.14 bits per heavy atom. The number of aromatic amines is 1. The molecule has 8 atom stereocenters. The zero-order chi connectivity index (χ0) is 54.1. The molecule has 21 nitrogen and oxygen atoms in total. The molecule has 74 heavy (non-hydrogen) atoms. The SMILES string of the molecule is CC(C)[C@@H]1NC(=O)[C@H](CS)NC(=O)[C@H](Cc2ccc(O)cc2)NC(=O)[C@H](CCCCN)NC(=O)[C@H](Cc2c[nH]c3ccccc23)NC(=O)[C@H](Cc2ccccc2)N(C)C(=O)[C@H](CS)NC(=O)[C@H](CC(=O)O)NC1=O. The maximum atomic E-state index is 14.9. The van der Waals surface area contributed by atoms with Crippen molar-refractivity contribution in [2.24, 2.45) is 11.7 Å². The maximum Gasteiger partial charge on any atom is 0.305 e. The van der Waals surface area contributed by atoms with Gasteiger partial charge < -0.3 is 63.0 Å². The minimum Gasteiger partial charge on any atom is -0.508 e. The number of H-pyrrole nitrogens is 1. The number of aromatic hydroxyl groups is 1. The summed E-state index contributed by atoms with van der Waals surface area (Å²) in [4.78, 5) is 131. The van der Waals surface area contributed by atoms with E-state index in [-0.39, 0.29) is 49.5 Å². The summed E-state index contributed by atoms with van der Waals surface area (Å²) in [6.45, 7) is 3.41. The number of carboxylic acid groups (broad SMARTS) is 1. The lowest BCUT2D eigenvalue weighted by Gasteiger charge is -2.33. The van der Waals surface area contributed by atoms with Crippen LogP contribution in [-0.4, -0.2) is 147 Å². The number of carbonyl (C=O) groups is 9. The van der Waals surface area contributed by atoms with Gasteiger partial charge in [0.25, 0.3) is 0 Å². The van der Waals surface area contributed by atoms with Crippen LogP contribution in [0.2, 0.25) is 0 Å². The molecule has 1 aliphatic rings. The van der Waals surface area contributed by atoms with Gasteiger partial charge in [-0.05, 0) is 66.6 Å². The predicted octanol–water partition coefficient (Wildman–Crippen LogP) is 0.255. The smallest absolute Gasteiger partial charge is 0.305 e. The first-order chi connectivity index (χ1) is 35.3. The lowest BCUT2D eigenvalue weighted by molar-refractivity contribution is -0.143. The number of thiol groups is 2. The first-order valence-corrected chi connectivity index (χ1v) is 25.5. The molecule has 8 amide bonds. The van der Waals surface area contributed by atoms with E-state index in [1.54, 1.807) is 56.4 Å². The van der Waals surface area contributed by atoms with Crippen molar-refractivity contribution >= 4 is 89.4 Å². The lowest BCUT2D eigenvalue weighted by Crippen LogP contribution is -2.63. The van der Waals surface area contributed by atoms with Crippen LogP contribution in [0.4, 0.5) is 0 Å². The summed E-state index contributed by atoms with van der Waals surface area (Å²) in [6, 6.07) is 10.2. The predicted molar refractivity (Wildman–Crippen MR) is 282 cm³/mol. The Hall–Kier alpha value is -7.11. The molecule has 3 aromatic carbocycles. The molecule has 5 rings (SSSR count). The number of nitrogens with two attached hydrogens (primary N) is 1. The van der Waals surface area contributed by atoms with E-state index in [9.17, 15) is 53.4 Å². The van der Waals surface area contributed by atoms with E-state index in [0.717, 1.165) is 15.8 Å². The third kappa shape index (κ3) is 16.2. The van der Waals surface area contributed by atoms with Gasteiger partial charge in [0.05, 0.1) is 6.42 Å². The summed E-state index contributed by atoms with van der Waals surface area (Å²) in [7, 11) is 1.32. The van der Waals surface area contributed by atoms with Crippen molar-refractivity contribution in [3.05, 3.63) is 102 Å². The van der Waals surface area contributed by atoms with E-state index in [1.807, 2.05) is 18.2 Å². The van der Waals surface area contributed by atoms with Gasteiger partial charge in [0.1, 0.15) is 54.1 Å². The van der Waals surface area contributed by atoms with Crippen molar-refractivity contribution in [2.45, 2.75) is 107 Å². The number of hydrogen-bond acceptors (Lipinski definition) is 13. The zero-order valence-electron chi connectivity index (χ0n) is 41.3. The average molecular weight is 1060 g/mol. The van der Waals surface area contributed by atoms with Crippen molar-refractivity contribution in [3.8, 4) is 5.75 Å². The number of benzene rings is 3. The molecule has 1 aromatic heterocycles. The molecule has 0 radical (unpaired) electrons. The second-order valence-electron chi connectivity index (χ2n) is 18.4. The average Bonchev–Trinajstić information content (AvgIpc) is 3.79. The van der Waals surface area contributed by atoms with Gasteiger partial charge in [0, 0.05) is 54.9 Å². The molecule has 1 fully saturated rings. The number of fused-ring (bicyclic) bond motifs is 1. The molecule has 0 saturated carbocycles. The largest absolute Gasteiger partial charge is 0.508 e. The number of rotatable bonds is 15. The molecule has 0 bridgehead atoms. The second kappa shape index (κ2) is 27.8. The molecule has 2 heterocycles. The Bertz CT molecular complexity index is 2620. The lowest BCUT2D eigenvalue weighted by atomic mass is 10.00. The summed E-state index contributed by atoms with van der Waals surface area (Å²) in [5.41, 5.74) is 8.31. The number of phenolic OH excluding ortho intramolecular Hbond substituents is 1. The number of likely N-dealkylation sites (N-methyl/N-ethyl adjacent to an activating group) is 1. The van der Waals surface area contributed by atoms with Gasteiger partial charge in [0.2, 0.25) is 47.3 Å². The van der Waals surface area contributed by atoms with Crippen molar-refractivity contribution in [1.82, 2.24) is 47.1 Å². The van der Waals surface area contributed by atoms with Crippen LogP contribution in [0.5, 0.6) is 5.75 Å². The molecule has 4 aromatic rings. The molecular weight excluding hydrogens is 993 g/mol. The summed E-state index contributed by atoms with van der Waals surface area (Å²) < 4.78 is 0. The topological polar surface area (TPSA) is 323 Å². The molecular formula is C51H66N10O11S2. The number of amides is 8. The van der Waals surface area contributed by atoms with Gasteiger partial charge in [-0.3, -0.25) is 43.2 Å². The van der Waals surface area contributed by atoms with E-state index in [1.165, 1.54) is 31.3 Å². The molecule has 0 spiro atoms. The Balaban J connectivity index is 1.63. The van der Waals surface area contributed by atoms with Gasteiger partial charge in [-0.15, -0.1) is 0 Å². The normalized spacial score (nSPS) is 23.4. The third-order valence-corrected chi connectivity index (χ3v) is 13.3. The quantitative estimate of drug-likeness (QED) is 0.0564. The van der Waals surface area contributed by atoms with Crippen LogP contribution in [0.25, 0.3) is 10.9 Å². The fraction of sp³-hybridized carbons (Fsp3) is 0.431. The fourth-order valence-corrected chi connectivity index (χ4v) is 8.89. The summed E-state index contributed by atoms with van der Waals surface area (Å²) in [6.07, 6.45) is 1.20. The van der Waals surface area contributed by atoms with Crippen LogP contribution >= 0.6 is 25.3 Å². The van der Waals surface area contributed by atoms with Gasteiger partial charge in [-0.2, -0.15) is 25.3 Å². The first-order valence-electron chi connectivity index (χ1n) is 24.2. The monoisotopic (exact) mass is 1060 g/mol. The molecule has 23 heteroatoms. The number of carbonyl (C=O) groups excluding carboxylic acids is 8. The number of aliphatic carboxylic acids is 1. The van der Waals surface area contributed by atoms with E-state index in [0.29, 0.717) is 29.5 Å². The minimum atomic E-state index is -1.79. The molecule has 0 aliphatic carbocycles. The number of hydrogen-bond donors (Lipinski definition) is 13. The number of nitrogens with zero attached hydrogens (tertiary/aromatic N) is 1. The van der Waals surface area contributed by atoms with Gasteiger partial charge in [-0.25, -0.2) is 0 Å². The Morgan fingerprint density at radius 1 is 0.608 bits per heavy atom. The third-order valence-electron chi connectivity index (χ3n) is 12.6. The highest BCUT2D eigenvalue weighted by Gasteiger charge is 2.38. The van der Waals surface area contributed by atoms with Crippen LogP contribution in [0, 0.1) is 5.92 Å². The summed E-state index contributed by atoms with van der Waals surface area (Å²) in [5.74, 6) is -9.93. The van der Waals surface area contributed by atoms with Crippen LogP contribution in [0.3, 0.4) is 0 Å².